The maximum atomic E-state index is 14.7. The van der Waals surface area contributed by atoms with Gasteiger partial charge in [-0.3, -0.25) is 4.74 Å². The predicted octanol–water partition coefficient (Wildman–Crippen LogP) is 6.84. The van der Waals surface area contributed by atoms with E-state index in [2.05, 4.69) is 9.47 Å². The molecule has 3 rings (SSSR count). The first kappa shape index (κ1) is 26.2. The molecule has 0 spiro atoms. The fraction of sp³-hybridized carbons (Fsp3) is 1.00. The number of hydrogen-bond donors (Lipinski definition) is 0. The molecule has 0 saturated heterocycles. The van der Waals surface area contributed by atoms with Crippen molar-refractivity contribution < 1.29 is 49.0 Å². The van der Waals surface area contributed by atoms with Crippen LogP contribution in [0.5, 0.6) is 0 Å². The highest BCUT2D eigenvalue weighted by molar-refractivity contribution is 6.20. The average molecular weight is 505 g/mol. The van der Waals surface area contributed by atoms with Crippen LogP contribution in [-0.2, 0) is 9.47 Å². The summed E-state index contributed by atoms with van der Waals surface area (Å²) in [5, 5.41) is -0.732. The van der Waals surface area contributed by atoms with E-state index in [9.17, 15) is 39.5 Å². The smallest absolute Gasteiger partial charge is 0.317 e. The molecule has 4 unspecified atom stereocenters. The van der Waals surface area contributed by atoms with Crippen LogP contribution in [0.2, 0.25) is 0 Å². The van der Waals surface area contributed by atoms with Gasteiger partial charge in [0.2, 0.25) is 0 Å². The second-order valence-corrected chi connectivity index (χ2v) is 9.73. The first-order valence-corrected chi connectivity index (χ1v) is 11.2. The highest BCUT2D eigenvalue weighted by Crippen LogP contribution is 2.49. The molecule has 3 fully saturated rings. The third-order valence-corrected chi connectivity index (χ3v) is 7.17. The molecular formula is C20H26ClF9O2. The summed E-state index contributed by atoms with van der Waals surface area (Å²) in [5.74, 6) is -4.85. The van der Waals surface area contributed by atoms with Crippen LogP contribution < -0.4 is 0 Å². The van der Waals surface area contributed by atoms with Crippen LogP contribution >= 0.6 is 11.6 Å². The van der Waals surface area contributed by atoms with Gasteiger partial charge in [-0.05, 0) is 57.3 Å². The van der Waals surface area contributed by atoms with Crippen molar-refractivity contribution in [3.63, 3.8) is 0 Å². The predicted molar refractivity (Wildman–Crippen MR) is 97.4 cm³/mol. The van der Waals surface area contributed by atoms with E-state index in [0.29, 0.717) is 0 Å². The number of hydrogen-bond acceptors (Lipinski definition) is 2. The SMILES string of the molecule is FC1CC(Cl)CC(F)C1C1CC(F)C(C(F)(F)OC2CCC(OC(F)(F)F)CC2)C(F)C1. The topological polar surface area (TPSA) is 18.5 Å². The van der Waals surface area contributed by atoms with Crippen molar-refractivity contribution in [3.05, 3.63) is 0 Å². The molecule has 0 radical (unpaired) electrons. The zero-order chi connectivity index (χ0) is 23.8. The minimum atomic E-state index is -4.84. The molecule has 0 heterocycles. The molecule has 0 bridgehead atoms. The molecular weight excluding hydrogens is 479 g/mol. The van der Waals surface area contributed by atoms with Gasteiger partial charge in [0.15, 0.2) is 0 Å². The van der Waals surface area contributed by atoms with Crippen molar-refractivity contribution >= 4 is 11.6 Å². The van der Waals surface area contributed by atoms with E-state index in [1.165, 1.54) is 0 Å². The summed E-state index contributed by atoms with van der Waals surface area (Å²) in [7, 11) is 0. The van der Waals surface area contributed by atoms with Crippen molar-refractivity contribution in [2.45, 2.75) is 106 Å². The van der Waals surface area contributed by atoms with Gasteiger partial charge in [-0.1, -0.05) is 0 Å². The summed E-state index contributed by atoms with van der Waals surface area (Å²) < 4.78 is 133. The first-order valence-electron chi connectivity index (χ1n) is 10.8. The van der Waals surface area contributed by atoms with Gasteiger partial charge in [0, 0.05) is 11.3 Å². The van der Waals surface area contributed by atoms with E-state index < -0.39 is 85.3 Å². The zero-order valence-electron chi connectivity index (χ0n) is 17.0. The number of halogens is 10. The van der Waals surface area contributed by atoms with Crippen LogP contribution in [0.1, 0.15) is 51.4 Å². The highest BCUT2D eigenvalue weighted by Gasteiger charge is 2.57. The molecule has 188 valence electrons. The highest BCUT2D eigenvalue weighted by atomic mass is 35.5. The Morgan fingerprint density at radius 3 is 1.50 bits per heavy atom. The second-order valence-electron chi connectivity index (χ2n) is 9.11. The Morgan fingerprint density at radius 2 is 1.06 bits per heavy atom. The Balaban J connectivity index is 1.57. The molecule has 0 aliphatic heterocycles. The molecule has 4 atom stereocenters. The fourth-order valence-corrected chi connectivity index (χ4v) is 5.74. The minimum absolute atomic E-state index is 0.166. The van der Waals surface area contributed by atoms with Crippen LogP contribution in [0.25, 0.3) is 0 Å². The van der Waals surface area contributed by atoms with E-state index in [1.54, 1.807) is 0 Å². The summed E-state index contributed by atoms with van der Waals surface area (Å²) in [6.45, 7) is 0. The van der Waals surface area contributed by atoms with Crippen molar-refractivity contribution in [3.8, 4) is 0 Å². The third-order valence-electron chi connectivity index (χ3n) is 6.81. The largest absolute Gasteiger partial charge is 0.522 e. The van der Waals surface area contributed by atoms with Gasteiger partial charge in [-0.25, -0.2) is 17.6 Å². The lowest BCUT2D eigenvalue weighted by atomic mass is 9.68. The zero-order valence-corrected chi connectivity index (χ0v) is 17.8. The summed E-state index contributed by atoms with van der Waals surface area (Å²) in [6.07, 6.45) is -22.0. The minimum Gasteiger partial charge on any atom is -0.317 e. The Bertz CT molecular complexity index is 590. The molecule has 32 heavy (non-hydrogen) atoms. The van der Waals surface area contributed by atoms with Crippen LogP contribution in [-0.4, -0.2) is 54.7 Å². The van der Waals surface area contributed by atoms with Crippen molar-refractivity contribution in [2.75, 3.05) is 0 Å². The quantitative estimate of drug-likeness (QED) is 0.301. The Kier molecular flexibility index (Phi) is 8.23. The van der Waals surface area contributed by atoms with Crippen LogP contribution in [0.4, 0.5) is 39.5 Å². The second kappa shape index (κ2) is 10.1. The van der Waals surface area contributed by atoms with Gasteiger partial charge in [-0.15, -0.1) is 24.8 Å². The lowest BCUT2D eigenvalue weighted by Gasteiger charge is -2.44. The monoisotopic (exact) mass is 504 g/mol. The van der Waals surface area contributed by atoms with Crippen molar-refractivity contribution in [1.82, 2.24) is 0 Å². The molecule has 3 aliphatic rings. The molecule has 0 amide bonds. The lowest BCUT2D eigenvalue weighted by molar-refractivity contribution is -0.352. The molecule has 3 aliphatic carbocycles. The van der Waals surface area contributed by atoms with Crippen LogP contribution in [0.15, 0.2) is 0 Å². The average Bonchev–Trinajstić information content (AvgIpc) is 2.60. The molecule has 12 heteroatoms. The van der Waals surface area contributed by atoms with E-state index >= 15 is 0 Å². The molecule has 2 nitrogen and oxygen atoms in total. The Morgan fingerprint density at radius 1 is 0.625 bits per heavy atom. The van der Waals surface area contributed by atoms with E-state index in [0.717, 1.165) is 0 Å². The normalized spacial score (nSPS) is 44.4. The molecule has 0 aromatic heterocycles. The van der Waals surface area contributed by atoms with E-state index in [4.69, 9.17) is 11.6 Å². The number of rotatable bonds is 5. The van der Waals surface area contributed by atoms with E-state index in [-0.39, 0.29) is 38.5 Å². The molecule has 0 aromatic rings. The Labute approximate surface area is 185 Å². The molecule has 0 aromatic carbocycles. The maximum absolute atomic E-state index is 14.7. The summed E-state index contributed by atoms with van der Waals surface area (Å²) in [5.41, 5.74) is 0. The van der Waals surface area contributed by atoms with Gasteiger partial charge in [-0.2, -0.15) is 8.78 Å². The van der Waals surface area contributed by atoms with Crippen LogP contribution in [0, 0.1) is 17.8 Å². The van der Waals surface area contributed by atoms with Gasteiger partial charge < -0.3 is 4.74 Å². The molecule has 0 N–H and O–H groups in total. The number of ether oxygens (including phenoxy) is 2. The fourth-order valence-electron chi connectivity index (χ4n) is 5.40. The lowest BCUT2D eigenvalue weighted by Crippen LogP contribution is -2.52. The maximum Gasteiger partial charge on any atom is 0.522 e. The standard InChI is InChI=1S/C20H26ClF9O2/c21-10-7-13(22)17(14(23)8-10)9-5-15(24)18(16(25)6-9)19(26,27)31-11-1-3-12(4-2-11)32-20(28,29)30/h9-18H,1-8H2. The van der Waals surface area contributed by atoms with Crippen molar-refractivity contribution in [2.24, 2.45) is 17.8 Å². The summed E-state index contributed by atoms with van der Waals surface area (Å²) in [4.78, 5) is 0. The number of alkyl halides is 10. The molecule has 3 saturated carbocycles. The van der Waals surface area contributed by atoms with Gasteiger partial charge in [0.1, 0.15) is 30.6 Å². The van der Waals surface area contributed by atoms with E-state index in [1.807, 2.05) is 0 Å². The first-order chi connectivity index (χ1) is 14.8. The third kappa shape index (κ3) is 6.37. The summed E-state index contributed by atoms with van der Waals surface area (Å²) in [6, 6.07) is 0. The van der Waals surface area contributed by atoms with Gasteiger partial charge in [0.05, 0.1) is 12.2 Å². The van der Waals surface area contributed by atoms with Gasteiger partial charge >= 0.3 is 12.5 Å². The Hall–Kier alpha value is -0.420. The van der Waals surface area contributed by atoms with Gasteiger partial charge in [0.25, 0.3) is 0 Å². The van der Waals surface area contributed by atoms with Crippen LogP contribution in [0.3, 0.4) is 0 Å². The summed E-state index contributed by atoms with van der Waals surface area (Å²) >= 11 is 5.78. The van der Waals surface area contributed by atoms with Crippen molar-refractivity contribution in [1.29, 1.82) is 0 Å².